The molecule has 0 bridgehead atoms. The second-order valence-electron chi connectivity index (χ2n) is 2.08. The van der Waals surface area contributed by atoms with Gasteiger partial charge in [0.15, 0.2) is 5.69 Å². The smallest absolute Gasteiger partial charge is 0.287 e. The molecule has 0 spiro atoms. The third kappa shape index (κ3) is 1.15. The first kappa shape index (κ1) is 7.55. The van der Waals surface area contributed by atoms with Crippen LogP contribution in [-0.2, 0) is 0 Å². The molecule has 1 amide bonds. The SMILES string of the molecule is Cc1[nH]nc(C(=O)NN)c1N. The van der Waals surface area contributed by atoms with Crippen molar-refractivity contribution in [1.29, 1.82) is 0 Å². The third-order valence-corrected chi connectivity index (χ3v) is 1.34. The summed E-state index contributed by atoms with van der Waals surface area (Å²) >= 11 is 0. The van der Waals surface area contributed by atoms with E-state index in [2.05, 4.69) is 10.2 Å². The highest BCUT2D eigenvalue weighted by atomic mass is 16.2. The van der Waals surface area contributed by atoms with Crippen molar-refractivity contribution in [3.05, 3.63) is 11.4 Å². The molecular formula is C5H9N5O. The summed E-state index contributed by atoms with van der Waals surface area (Å²) < 4.78 is 0. The standard InChI is InChI=1S/C5H9N5O/c1-2-3(6)4(10-9-2)5(11)8-7/h6-7H2,1H3,(H,8,11)(H,9,10). The first-order valence-electron chi connectivity index (χ1n) is 2.98. The summed E-state index contributed by atoms with van der Waals surface area (Å²) in [5.74, 6) is 4.38. The van der Waals surface area contributed by atoms with E-state index in [-0.39, 0.29) is 5.69 Å². The molecule has 0 unspecified atom stereocenters. The zero-order valence-corrected chi connectivity index (χ0v) is 6.01. The maximum absolute atomic E-state index is 10.8. The van der Waals surface area contributed by atoms with Gasteiger partial charge in [-0.1, -0.05) is 0 Å². The predicted octanol–water partition coefficient (Wildman–Crippen LogP) is -1.10. The summed E-state index contributed by atoms with van der Waals surface area (Å²) in [4.78, 5) is 10.8. The summed E-state index contributed by atoms with van der Waals surface area (Å²) in [6.45, 7) is 1.72. The number of hydrogen-bond acceptors (Lipinski definition) is 4. The number of nitrogens with one attached hydrogen (secondary N) is 2. The van der Waals surface area contributed by atoms with Crippen molar-refractivity contribution < 1.29 is 4.79 Å². The molecule has 11 heavy (non-hydrogen) atoms. The van der Waals surface area contributed by atoms with Gasteiger partial charge in [0.2, 0.25) is 0 Å². The number of nitrogens with two attached hydrogens (primary N) is 2. The molecule has 0 atom stereocenters. The summed E-state index contributed by atoms with van der Waals surface area (Å²) in [6, 6.07) is 0. The third-order valence-electron chi connectivity index (χ3n) is 1.34. The van der Waals surface area contributed by atoms with E-state index in [0.29, 0.717) is 11.4 Å². The molecule has 0 saturated carbocycles. The van der Waals surface area contributed by atoms with Crippen molar-refractivity contribution in [1.82, 2.24) is 15.6 Å². The van der Waals surface area contributed by atoms with Gasteiger partial charge in [-0.15, -0.1) is 0 Å². The molecular weight excluding hydrogens is 146 g/mol. The summed E-state index contributed by atoms with van der Waals surface area (Å²) in [5, 5.41) is 6.20. The topological polar surface area (TPSA) is 110 Å². The summed E-state index contributed by atoms with van der Waals surface area (Å²) in [6.07, 6.45) is 0. The quantitative estimate of drug-likeness (QED) is 0.234. The highest BCUT2D eigenvalue weighted by molar-refractivity contribution is 5.97. The number of rotatable bonds is 1. The lowest BCUT2D eigenvalue weighted by atomic mass is 10.3. The Morgan fingerprint density at radius 1 is 1.73 bits per heavy atom. The van der Waals surface area contributed by atoms with Crippen LogP contribution >= 0.6 is 0 Å². The first-order valence-corrected chi connectivity index (χ1v) is 2.98. The van der Waals surface area contributed by atoms with Gasteiger partial charge < -0.3 is 5.73 Å². The summed E-state index contributed by atoms with van der Waals surface area (Å²) in [5.41, 5.74) is 8.52. The number of hydrazine groups is 1. The normalized spacial score (nSPS) is 9.64. The van der Waals surface area contributed by atoms with Crippen molar-refractivity contribution >= 4 is 11.6 Å². The lowest BCUT2D eigenvalue weighted by Crippen LogP contribution is -2.30. The van der Waals surface area contributed by atoms with Crippen LogP contribution in [0.4, 0.5) is 5.69 Å². The molecule has 6 N–H and O–H groups in total. The first-order chi connectivity index (χ1) is 5.16. The minimum Gasteiger partial charge on any atom is -0.395 e. The molecule has 0 aliphatic heterocycles. The molecule has 0 radical (unpaired) electrons. The highest BCUT2D eigenvalue weighted by Crippen LogP contribution is 2.11. The van der Waals surface area contributed by atoms with Crippen LogP contribution in [0.3, 0.4) is 0 Å². The lowest BCUT2D eigenvalue weighted by molar-refractivity contribution is 0.0949. The fourth-order valence-corrected chi connectivity index (χ4v) is 0.679. The monoisotopic (exact) mass is 155 g/mol. The molecule has 0 aromatic carbocycles. The molecule has 1 aromatic heterocycles. The van der Waals surface area contributed by atoms with Gasteiger partial charge in [0.25, 0.3) is 5.91 Å². The molecule has 0 fully saturated rings. The second-order valence-corrected chi connectivity index (χ2v) is 2.08. The van der Waals surface area contributed by atoms with E-state index in [1.807, 2.05) is 5.43 Å². The maximum Gasteiger partial charge on any atom is 0.287 e. The van der Waals surface area contributed by atoms with E-state index < -0.39 is 5.91 Å². The van der Waals surface area contributed by atoms with Gasteiger partial charge in [0, 0.05) is 0 Å². The molecule has 0 aliphatic rings. The van der Waals surface area contributed by atoms with Crippen LogP contribution in [0, 0.1) is 6.92 Å². The number of carbonyl (C=O) groups is 1. The van der Waals surface area contributed by atoms with Crippen LogP contribution in [0.1, 0.15) is 16.2 Å². The van der Waals surface area contributed by atoms with Crippen LogP contribution in [-0.4, -0.2) is 16.1 Å². The van der Waals surface area contributed by atoms with Gasteiger partial charge in [-0.05, 0) is 6.92 Å². The fraction of sp³-hybridized carbons (Fsp3) is 0.200. The van der Waals surface area contributed by atoms with Gasteiger partial charge in [-0.2, -0.15) is 5.10 Å². The number of nitrogen functional groups attached to an aromatic ring is 2. The van der Waals surface area contributed by atoms with E-state index >= 15 is 0 Å². The number of H-pyrrole nitrogens is 1. The van der Waals surface area contributed by atoms with Crippen molar-refractivity contribution in [2.45, 2.75) is 6.92 Å². The summed E-state index contributed by atoms with van der Waals surface area (Å²) in [7, 11) is 0. The van der Waals surface area contributed by atoms with Crippen molar-refractivity contribution in [2.24, 2.45) is 5.84 Å². The molecule has 1 rings (SSSR count). The van der Waals surface area contributed by atoms with Gasteiger partial charge >= 0.3 is 0 Å². The maximum atomic E-state index is 10.8. The Morgan fingerprint density at radius 3 is 2.73 bits per heavy atom. The van der Waals surface area contributed by atoms with Crippen LogP contribution < -0.4 is 17.0 Å². The molecule has 6 nitrogen and oxygen atoms in total. The average molecular weight is 155 g/mol. The zero-order chi connectivity index (χ0) is 8.43. The van der Waals surface area contributed by atoms with Gasteiger partial charge in [-0.3, -0.25) is 15.3 Å². The molecule has 0 aliphatic carbocycles. The number of aromatic nitrogens is 2. The Bertz CT molecular complexity index is 278. The number of amides is 1. The molecule has 1 aromatic rings. The Kier molecular flexibility index (Phi) is 1.77. The molecule has 6 heteroatoms. The van der Waals surface area contributed by atoms with Crippen molar-refractivity contribution in [3.63, 3.8) is 0 Å². The number of hydrogen-bond donors (Lipinski definition) is 4. The zero-order valence-electron chi connectivity index (χ0n) is 6.01. The fourth-order valence-electron chi connectivity index (χ4n) is 0.679. The van der Waals surface area contributed by atoms with Gasteiger partial charge in [0.1, 0.15) is 0 Å². The molecule has 60 valence electrons. The second kappa shape index (κ2) is 2.59. The minimum atomic E-state index is -0.494. The Morgan fingerprint density at radius 2 is 2.36 bits per heavy atom. The Hall–Kier alpha value is -1.56. The molecule has 0 saturated heterocycles. The van der Waals surface area contributed by atoms with Crippen LogP contribution in [0.25, 0.3) is 0 Å². The van der Waals surface area contributed by atoms with E-state index in [9.17, 15) is 4.79 Å². The van der Waals surface area contributed by atoms with Crippen LogP contribution in [0.2, 0.25) is 0 Å². The lowest BCUT2D eigenvalue weighted by Gasteiger charge is -1.94. The number of nitrogens with zero attached hydrogens (tertiary/aromatic N) is 1. The van der Waals surface area contributed by atoms with Gasteiger partial charge in [0.05, 0.1) is 11.4 Å². The average Bonchev–Trinajstić information content (AvgIpc) is 2.32. The largest absolute Gasteiger partial charge is 0.395 e. The van der Waals surface area contributed by atoms with Crippen molar-refractivity contribution in [3.8, 4) is 0 Å². The van der Waals surface area contributed by atoms with Crippen LogP contribution in [0.15, 0.2) is 0 Å². The number of aromatic amines is 1. The van der Waals surface area contributed by atoms with E-state index in [4.69, 9.17) is 11.6 Å². The number of aryl methyl sites for hydroxylation is 1. The predicted molar refractivity (Wildman–Crippen MR) is 39.4 cm³/mol. The van der Waals surface area contributed by atoms with Gasteiger partial charge in [-0.25, -0.2) is 5.84 Å². The van der Waals surface area contributed by atoms with Crippen molar-refractivity contribution in [2.75, 3.05) is 5.73 Å². The number of carbonyl (C=O) groups excluding carboxylic acids is 1. The van der Waals surface area contributed by atoms with Crippen LogP contribution in [0.5, 0.6) is 0 Å². The van der Waals surface area contributed by atoms with E-state index in [1.165, 1.54) is 0 Å². The highest BCUT2D eigenvalue weighted by Gasteiger charge is 2.12. The van der Waals surface area contributed by atoms with E-state index in [0.717, 1.165) is 0 Å². The Labute approximate surface area is 62.9 Å². The number of anilines is 1. The van der Waals surface area contributed by atoms with E-state index in [1.54, 1.807) is 6.92 Å². The molecule has 1 heterocycles. The minimum absolute atomic E-state index is 0.130. The Balaban J connectivity index is 3.04.